The predicted octanol–water partition coefficient (Wildman–Crippen LogP) is 3.32. The first-order chi connectivity index (χ1) is 8.36. The SMILES string of the molecule is O=Cc1ccc(N(Cc2cccs2)C2CC2)o1. The van der Waals surface area contributed by atoms with Gasteiger partial charge in [-0.2, -0.15) is 0 Å². The fourth-order valence-corrected chi connectivity index (χ4v) is 2.61. The van der Waals surface area contributed by atoms with Crippen molar-refractivity contribution in [1.29, 1.82) is 0 Å². The van der Waals surface area contributed by atoms with E-state index in [1.54, 1.807) is 17.4 Å². The van der Waals surface area contributed by atoms with Gasteiger partial charge in [0.1, 0.15) is 0 Å². The summed E-state index contributed by atoms with van der Waals surface area (Å²) in [4.78, 5) is 14.2. The average Bonchev–Trinajstić information content (AvgIpc) is 2.88. The molecule has 3 nitrogen and oxygen atoms in total. The van der Waals surface area contributed by atoms with Gasteiger partial charge in [0.2, 0.25) is 0 Å². The molecule has 3 rings (SSSR count). The average molecular weight is 247 g/mol. The van der Waals surface area contributed by atoms with E-state index in [0.29, 0.717) is 11.8 Å². The molecule has 1 aliphatic rings. The number of carbonyl (C=O) groups excluding carboxylic acids is 1. The van der Waals surface area contributed by atoms with Gasteiger partial charge in [0.15, 0.2) is 17.9 Å². The van der Waals surface area contributed by atoms with Crippen LogP contribution in [0.2, 0.25) is 0 Å². The van der Waals surface area contributed by atoms with E-state index in [0.717, 1.165) is 18.7 Å². The number of hydrogen-bond acceptors (Lipinski definition) is 4. The Kier molecular flexibility index (Phi) is 2.73. The fraction of sp³-hybridized carbons (Fsp3) is 0.308. The molecule has 2 heterocycles. The number of thiophene rings is 1. The quantitative estimate of drug-likeness (QED) is 0.760. The summed E-state index contributed by atoms with van der Waals surface area (Å²) in [6, 6.07) is 8.37. The molecule has 2 aromatic heterocycles. The van der Waals surface area contributed by atoms with Crippen LogP contribution in [0.5, 0.6) is 0 Å². The van der Waals surface area contributed by atoms with Crippen LogP contribution in [0.4, 0.5) is 5.88 Å². The number of nitrogens with zero attached hydrogens (tertiary/aromatic N) is 1. The number of hydrogen-bond donors (Lipinski definition) is 0. The van der Waals surface area contributed by atoms with Gasteiger partial charge in [0, 0.05) is 17.0 Å². The van der Waals surface area contributed by atoms with E-state index in [1.165, 1.54) is 17.7 Å². The van der Waals surface area contributed by atoms with E-state index in [2.05, 4.69) is 22.4 Å². The lowest BCUT2D eigenvalue weighted by molar-refractivity contribution is 0.110. The van der Waals surface area contributed by atoms with Crippen molar-refractivity contribution in [1.82, 2.24) is 0 Å². The summed E-state index contributed by atoms with van der Waals surface area (Å²) in [7, 11) is 0. The van der Waals surface area contributed by atoms with Crippen LogP contribution in [0, 0.1) is 0 Å². The Morgan fingerprint density at radius 1 is 1.41 bits per heavy atom. The van der Waals surface area contributed by atoms with Crippen molar-refractivity contribution in [2.75, 3.05) is 4.90 Å². The third-order valence-electron chi connectivity index (χ3n) is 2.91. The second-order valence-electron chi connectivity index (χ2n) is 4.23. The minimum absolute atomic E-state index is 0.400. The van der Waals surface area contributed by atoms with E-state index in [1.807, 2.05) is 6.07 Å². The van der Waals surface area contributed by atoms with Gasteiger partial charge >= 0.3 is 0 Å². The van der Waals surface area contributed by atoms with Crippen LogP contribution >= 0.6 is 11.3 Å². The molecular weight excluding hydrogens is 234 g/mol. The van der Waals surface area contributed by atoms with Crippen molar-refractivity contribution < 1.29 is 9.21 Å². The van der Waals surface area contributed by atoms with Crippen LogP contribution in [0.3, 0.4) is 0 Å². The van der Waals surface area contributed by atoms with Gasteiger partial charge in [-0.05, 0) is 30.4 Å². The monoisotopic (exact) mass is 247 g/mol. The van der Waals surface area contributed by atoms with E-state index < -0.39 is 0 Å². The summed E-state index contributed by atoms with van der Waals surface area (Å²) in [5.74, 6) is 1.21. The normalized spacial score (nSPS) is 14.8. The van der Waals surface area contributed by atoms with E-state index in [4.69, 9.17) is 4.42 Å². The second kappa shape index (κ2) is 4.37. The van der Waals surface area contributed by atoms with E-state index in [9.17, 15) is 4.79 Å². The summed E-state index contributed by atoms with van der Waals surface area (Å²) in [5, 5.41) is 2.08. The molecule has 1 saturated carbocycles. The molecule has 4 heteroatoms. The third kappa shape index (κ3) is 2.26. The van der Waals surface area contributed by atoms with Crippen LogP contribution in [-0.4, -0.2) is 12.3 Å². The highest BCUT2D eigenvalue weighted by Crippen LogP contribution is 2.34. The summed E-state index contributed by atoms with van der Waals surface area (Å²) in [5.41, 5.74) is 0. The smallest absolute Gasteiger partial charge is 0.196 e. The van der Waals surface area contributed by atoms with Crippen molar-refractivity contribution in [2.24, 2.45) is 0 Å². The molecule has 0 bridgehead atoms. The zero-order valence-electron chi connectivity index (χ0n) is 9.33. The Balaban J connectivity index is 1.82. The number of anilines is 1. The molecule has 0 aromatic carbocycles. The predicted molar refractivity (Wildman–Crippen MR) is 67.6 cm³/mol. The van der Waals surface area contributed by atoms with Gasteiger partial charge in [-0.25, -0.2) is 0 Å². The van der Waals surface area contributed by atoms with Crippen molar-refractivity contribution in [3.8, 4) is 0 Å². The van der Waals surface area contributed by atoms with E-state index >= 15 is 0 Å². The molecular formula is C13H13NO2S. The molecule has 0 aliphatic heterocycles. The molecule has 1 fully saturated rings. The maximum atomic E-state index is 10.6. The van der Waals surface area contributed by atoms with Crippen LogP contribution in [0.1, 0.15) is 28.3 Å². The lowest BCUT2D eigenvalue weighted by Crippen LogP contribution is -2.23. The van der Waals surface area contributed by atoms with Gasteiger partial charge in [0.25, 0.3) is 0 Å². The molecule has 0 unspecified atom stereocenters. The number of carbonyl (C=O) groups is 1. The summed E-state index contributed by atoms with van der Waals surface area (Å²) < 4.78 is 5.51. The molecule has 0 atom stereocenters. The van der Waals surface area contributed by atoms with Gasteiger partial charge in [-0.15, -0.1) is 11.3 Å². The largest absolute Gasteiger partial charge is 0.438 e. The van der Waals surface area contributed by atoms with E-state index in [-0.39, 0.29) is 0 Å². The molecule has 0 N–H and O–H groups in total. The number of rotatable bonds is 5. The molecule has 0 saturated heterocycles. The van der Waals surface area contributed by atoms with Gasteiger partial charge in [-0.3, -0.25) is 4.79 Å². The number of aldehydes is 1. The lowest BCUT2D eigenvalue weighted by atomic mass is 10.4. The lowest BCUT2D eigenvalue weighted by Gasteiger charge is -2.20. The molecule has 17 heavy (non-hydrogen) atoms. The standard InChI is InChI=1S/C13H13NO2S/c15-9-11-5-6-13(16-11)14(10-3-4-10)8-12-2-1-7-17-12/h1-2,5-7,9-10H,3-4,8H2. The Labute approximate surface area is 104 Å². The summed E-state index contributed by atoms with van der Waals surface area (Å²) >= 11 is 1.75. The van der Waals surface area contributed by atoms with Crippen LogP contribution in [-0.2, 0) is 6.54 Å². The van der Waals surface area contributed by atoms with Crippen molar-refractivity contribution in [3.05, 3.63) is 40.3 Å². The maximum Gasteiger partial charge on any atom is 0.196 e. The molecule has 0 spiro atoms. The number of furan rings is 1. The first kappa shape index (κ1) is 10.6. The molecule has 88 valence electrons. The highest BCUT2D eigenvalue weighted by Gasteiger charge is 2.31. The fourth-order valence-electron chi connectivity index (χ4n) is 1.90. The summed E-state index contributed by atoms with van der Waals surface area (Å²) in [6.07, 6.45) is 3.17. The van der Waals surface area contributed by atoms with Crippen molar-refractivity contribution >= 4 is 23.5 Å². The Morgan fingerprint density at radius 3 is 2.88 bits per heavy atom. The first-order valence-corrected chi connectivity index (χ1v) is 6.59. The third-order valence-corrected chi connectivity index (χ3v) is 3.77. The first-order valence-electron chi connectivity index (χ1n) is 5.71. The van der Waals surface area contributed by atoms with Crippen LogP contribution in [0.15, 0.2) is 34.1 Å². The van der Waals surface area contributed by atoms with Gasteiger partial charge < -0.3 is 9.32 Å². The highest BCUT2D eigenvalue weighted by atomic mass is 32.1. The zero-order chi connectivity index (χ0) is 11.7. The van der Waals surface area contributed by atoms with Crippen LogP contribution in [0.25, 0.3) is 0 Å². The minimum Gasteiger partial charge on any atom is -0.438 e. The minimum atomic E-state index is 0.400. The molecule has 0 radical (unpaired) electrons. The van der Waals surface area contributed by atoms with Crippen molar-refractivity contribution in [2.45, 2.75) is 25.4 Å². The van der Waals surface area contributed by atoms with Gasteiger partial charge in [-0.1, -0.05) is 6.07 Å². The maximum absolute atomic E-state index is 10.6. The van der Waals surface area contributed by atoms with Crippen LogP contribution < -0.4 is 4.90 Å². The molecule has 2 aromatic rings. The highest BCUT2D eigenvalue weighted by molar-refractivity contribution is 7.09. The Bertz CT molecular complexity index is 499. The summed E-state index contributed by atoms with van der Waals surface area (Å²) in [6.45, 7) is 0.869. The topological polar surface area (TPSA) is 33.5 Å². The molecule has 1 aliphatic carbocycles. The second-order valence-corrected chi connectivity index (χ2v) is 5.26. The Morgan fingerprint density at radius 2 is 2.29 bits per heavy atom. The van der Waals surface area contributed by atoms with Gasteiger partial charge in [0.05, 0.1) is 6.54 Å². The Hall–Kier alpha value is -1.55. The van der Waals surface area contributed by atoms with Crippen molar-refractivity contribution in [3.63, 3.8) is 0 Å². The molecule has 0 amide bonds. The zero-order valence-corrected chi connectivity index (χ0v) is 10.2.